The van der Waals surface area contributed by atoms with E-state index in [0.29, 0.717) is 31.5 Å². The Kier molecular flexibility index (Phi) is 4.39. The van der Waals surface area contributed by atoms with Crippen molar-refractivity contribution in [3.63, 3.8) is 0 Å². The van der Waals surface area contributed by atoms with Crippen molar-refractivity contribution in [1.29, 1.82) is 0 Å². The molecule has 0 radical (unpaired) electrons. The molecule has 1 aliphatic heterocycles. The van der Waals surface area contributed by atoms with E-state index in [2.05, 4.69) is 4.98 Å². The van der Waals surface area contributed by atoms with Crippen molar-refractivity contribution in [3.8, 4) is 0 Å². The highest BCUT2D eigenvalue weighted by molar-refractivity contribution is 5.84. The number of nitrogens with zero attached hydrogens (tertiary/aromatic N) is 2. The van der Waals surface area contributed by atoms with Gasteiger partial charge >= 0.3 is 6.09 Å². The third-order valence-electron chi connectivity index (χ3n) is 4.40. The fourth-order valence-corrected chi connectivity index (χ4v) is 3.22. The van der Waals surface area contributed by atoms with E-state index in [-0.39, 0.29) is 17.0 Å². The van der Waals surface area contributed by atoms with E-state index in [0.717, 1.165) is 23.4 Å². The molecule has 2 heterocycles. The molecule has 0 saturated heterocycles. The van der Waals surface area contributed by atoms with Crippen molar-refractivity contribution in [1.82, 2.24) is 9.88 Å². The summed E-state index contributed by atoms with van der Waals surface area (Å²) in [7, 11) is 0. The molecule has 0 spiro atoms. The number of amides is 1. The molecule has 0 bridgehead atoms. The van der Waals surface area contributed by atoms with E-state index in [1.165, 1.54) is 0 Å². The molecule has 0 unspecified atom stereocenters. The maximum Gasteiger partial charge on any atom is 0.410 e. The van der Waals surface area contributed by atoms with Gasteiger partial charge < -0.3 is 9.64 Å². The summed E-state index contributed by atoms with van der Waals surface area (Å²) in [6.07, 6.45) is 0.653. The van der Waals surface area contributed by atoms with E-state index >= 15 is 0 Å². The second kappa shape index (κ2) is 6.24. The maximum atomic E-state index is 14.2. The number of pyridine rings is 1. The fourth-order valence-electron chi connectivity index (χ4n) is 3.22. The predicted molar refractivity (Wildman–Crippen MR) is 91.6 cm³/mol. The lowest BCUT2D eigenvalue weighted by Gasteiger charge is -2.26. The highest BCUT2D eigenvalue weighted by Gasteiger charge is 2.26. The first kappa shape index (κ1) is 17.6. The highest BCUT2D eigenvalue weighted by atomic mass is 19.1. The minimum atomic E-state index is -0.564. The van der Waals surface area contributed by atoms with Crippen LogP contribution < -0.4 is 0 Å². The van der Waals surface area contributed by atoms with Crippen molar-refractivity contribution in [2.24, 2.45) is 0 Å². The number of aryl methyl sites for hydroxylation is 1. The summed E-state index contributed by atoms with van der Waals surface area (Å²) in [5.74, 6) is -1.01. The van der Waals surface area contributed by atoms with Crippen LogP contribution in [0.1, 0.15) is 37.6 Å². The molecule has 25 heavy (non-hydrogen) atoms. The standard InChI is InChI=1S/C19H22F2N2O2/c1-11-12-7-9-23(18(24)25-19(2,3)4)10-8-15(12)22-17-14(21)6-5-13(20)16(11)17/h5-6H,7-10H2,1-4H3. The quantitative estimate of drug-likeness (QED) is 0.718. The Morgan fingerprint density at radius 3 is 2.48 bits per heavy atom. The summed E-state index contributed by atoms with van der Waals surface area (Å²) in [4.78, 5) is 18.3. The number of benzene rings is 1. The van der Waals surface area contributed by atoms with Gasteiger partial charge in [0.2, 0.25) is 0 Å². The largest absolute Gasteiger partial charge is 0.444 e. The Labute approximate surface area is 145 Å². The minimum Gasteiger partial charge on any atom is -0.444 e. The molecule has 0 aliphatic carbocycles. The van der Waals surface area contributed by atoms with Gasteiger partial charge in [-0.3, -0.25) is 0 Å². The highest BCUT2D eigenvalue weighted by Crippen LogP contribution is 2.29. The van der Waals surface area contributed by atoms with Gasteiger partial charge in [-0.25, -0.2) is 18.6 Å². The molecule has 3 rings (SSSR count). The SMILES string of the molecule is Cc1c2c(nc3c(F)ccc(F)c13)CCN(C(=O)OC(C)(C)C)CC2. The molecule has 1 aromatic heterocycles. The van der Waals surface area contributed by atoms with Crippen LogP contribution in [0, 0.1) is 18.6 Å². The Hall–Kier alpha value is -2.24. The Morgan fingerprint density at radius 2 is 1.80 bits per heavy atom. The average Bonchev–Trinajstić information content (AvgIpc) is 2.72. The van der Waals surface area contributed by atoms with Crippen LogP contribution in [0.3, 0.4) is 0 Å². The summed E-state index contributed by atoms with van der Waals surface area (Å²) < 4.78 is 33.7. The van der Waals surface area contributed by atoms with Gasteiger partial charge in [0, 0.05) is 30.6 Å². The van der Waals surface area contributed by atoms with Crippen LogP contribution in [0.5, 0.6) is 0 Å². The number of carbonyl (C=O) groups is 1. The molecule has 1 aromatic carbocycles. The predicted octanol–water partition coefficient (Wildman–Crippen LogP) is 4.16. The molecule has 0 atom stereocenters. The molecule has 0 fully saturated rings. The van der Waals surface area contributed by atoms with E-state index in [1.807, 2.05) is 20.8 Å². The van der Waals surface area contributed by atoms with Crippen LogP contribution in [0.4, 0.5) is 13.6 Å². The third-order valence-corrected chi connectivity index (χ3v) is 4.40. The molecule has 0 N–H and O–H groups in total. The summed E-state index contributed by atoms with van der Waals surface area (Å²) in [6, 6.07) is 2.22. The van der Waals surface area contributed by atoms with Gasteiger partial charge in [0.25, 0.3) is 0 Å². The summed E-state index contributed by atoms with van der Waals surface area (Å²) >= 11 is 0. The molecule has 0 saturated carbocycles. The average molecular weight is 348 g/mol. The number of fused-ring (bicyclic) bond motifs is 2. The van der Waals surface area contributed by atoms with Crippen molar-refractivity contribution in [2.45, 2.75) is 46.1 Å². The molecule has 6 heteroatoms. The zero-order valence-electron chi connectivity index (χ0n) is 14.9. The molecule has 4 nitrogen and oxygen atoms in total. The van der Waals surface area contributed by atoms with Gasteiger partial charge in [0.1, 0.15) is 22.8 Å². The van der Waals surface area contributed by atoms with Crippen LogP contribution in [0.25, 0.3) is 10.9 Å². The monoisotopic (exact) mass is 348 g/mol. The third kappa shape index (κ3) is 3.43. The van der Waals surface area contributed by atoms with Gasteiger partial charge in [0.05, 0.1) is 0 Å². The van der Waals surface area contributed by atoms with E-state index in [4.69, 9.17) is 4.74 Å². The lowest BCUT2D eigenvalue weighted by molar-refractivity contribution is 0.0258. The molecular formula is C19H22F2N2O2. The first-order valence-corrected chi connectivity index (χ1v) is 8.41. The first-order chi connectivity index (χ1) is 11.7. The Balaban J connectivity index is 1.96. The molecular weight excluding hydrogens is 326 g/mol. The van der Waals surface area contributed by atoms with Gasteiger partial charge in [-0.05, 0) is 57.4 Å². The van der Waals surface area contributed by atoms with Crippen molar-refractivity contribution >= 4 is 17.0 Å². The molecule has 1 amide bonds. The number of ether oxygens (including phenoxy) is 1. The summed E-state index contributed by atoms with van der Waals surface area (Å²) in [5, 5.41) is 0.226. The van der Waals surface area contributed by atoms with E-state index in [9.17, 15) is 13.6 Å². The van der Waals surface area contributed by atoms with Crippen LogP contribution in [0.2, 0.25) is 0 Å². The second-order valence-electron chi connectivity index (χ2n) is 7.38. The topological polar surface area (TPSA) is 42.4 Å². The number of hydrogen-bond acceptors (Lipinski definition) is 3. The molecule has 1 aliphatic rings. The summed E-state index contributed by atoms with van der Waals surface area (Å²) in [5.41, 5.74) is 1.80. The molecule has 2 aromatic rings. The zero-order chi connectivity index (χ0) is 18.4. The van der Waals surface area contributed by atoms with Gasteiger partial charge in [-0.2, -0.15) is 0 Å². The number of carbonyl (C=O) groups excluding carboxylic acids is 1. The van der Waals surface area contributed by atoms with Crippen molar-refractivity contribution in [3.05, 3.63) is 40.6 Å². The number of hydrogen-bond donors (Lipinski definition) is 0. The van der Waals surface area contributed by atoms with Gasteiger partial charge in [-0.15, -0.1) is 0 Å². The number of rotatable bonds is 0. The number of halogens is 2. The fraction of sp³-hybridized carbons (Fsp3) is 0.474. The molecule has 134 valence electrons. The van der Waals surface area contributed by atoms with Crippen LogP contribution in [-0.2, 0) is 17.6 Å². The lowest BCUT2D eigenvalue weighted by Crippen LogP contribution is -2.38. The van der Waals surface area contributed by atoms with Gasteiger partial charge in [0.15, 0.2) is 0 Å². The first-order valence-electron chi connectivity index (χ1n) is 8.41. The van der Waals surface area contributed by atoms with E-state index in [1.54, 1.807) is 11.8 Å². The lowest BCUT2D eigenvalue weighted by atomic mass is 9.98. The maximum absolute atomic E-state index is 14.2. The minimum absolute atomic E-state index is 0.0574. The zero-order valence-corrected chi connectivity index (χ0v) is 14.9. The van der Waals surface area contributed by atoms with Gasteiger partial charge in [-0.1, -0.05) is 0 Å². The normalized spacial score (nSPS) is 15.0. The summed E-state index contributed by atoms with van der Waals surface area (Å²) in [6.45, 7) is 8.16. The Bertz CT molecular complexity index is 844. The smallest absolute Gasteiger partial charge is 0.410 e. The van der Waals surface area contributed by atoms with Crippen molar-refractivity contribution < 1.29 is 18.3 Å². The number of aromatic nitrogens is 1. The van der Waals surface area contributed by atoms with E-state index < -0.39 is 17.2 Å². The van der Waals surface area contributed by atoms with Crippen LogP contribution >= 0.6 is 0 Å². The van der Waals surface area contributed by atoms with Crippen molar-refractivity contribution in [2.75, 3.05) is 13.1 Å². The Morgan fingerprint density at radius 1 is 1.16 bits per heavy atom. The van der Waals surface area contributed by atoms with Crippen LogP contribution in [-0.4, -0.2) is 34.7 Å². The second-order valence-corrected chi connectivity index (χ2v) is 7.38. The van der Waals surface area contributed by atoms with Crippen LogP contribution in [0.15, 0.2) is 12.1 Å².